The number of likely N-dealkylation sites (tertiary alicyclic amines) is 1. The molecule has 4 nitrogen and oxygen atoms in total. The molecule has 0 aromatic rings. The summed E-state index contributed by atoms with van der Waals surface area (Å²) >= 11 is 0. The van der Waals surface area contributed by atoms with E-state index in [-0.39, 0.29) is 0 Å². The molecule has 0 bridgehead atoms. The van der Waals surface area contributed by atoms with Crippen LogP contribution in [-0.2, 0) is 0 Å². The van der Waals surface area contributed by atoms with Crippen LogP contribution in [-0.4, -0.2) is 55.8 Å². The zero-order chi connectivity index (χ0) is 18.3. The first kappa shape index (κ1) is 20.3. The van der Waals surface area contributed by atoms with Crippen molar-refractivity contribution < 1.29 is 13.2 Å². The Labute approximate surface area is 149 Å². The molecule has 2 rings (SSSR count). The van der Waals surface area contributed by atoms with Crippen LogP contribution in [0.5, 0.6) is 0 Å². The van der Waals surface area contributed by atoms with Gasteiger partial charge in [0.1, 0.15) is 0 Å². The monoisotopic (exact) mass is 362 g/mol. The number of rotatable bonds is 8. The van der Waals surface area contributed by atoms with Crippen molar-refractivity contribution in [3.63, 3.8) is 0 Å². The third-order valence-electron chi connectivity index (χ3n) is 5.17. The maximum atomic E-state index is 12.4. The minimum Gasteiger partial charge on any atom is -0.357 e. The van der Waals surface area contributed by atoms with Gasteiger partial charge in [0.05, 0.1) is 6.54 Å². The summed E-state index contributed by atoms with van der Waals surface area (Å²) in [6, 6.07) is 0.559. The fraction of sp³-hybridized carbons (Fsp3) is 0.944. The van der Waals surface area contributed by atoms with Gasteiger partial charge in [0, 0.05) is 19.1 Å². The lowest BCUT2D eigenvalue weighted by Crippen LogP contribution is -2.40. The van der Waals surface area contributed by atoms with E-state index in [1.807, 2.05) is 0 Å². The maximum absolute atomic E-state index is 12.4. The van der Waals surface area contributed by atoms with E-state index < -0.39 is 12.7 Å². The minimum atomic E-state index is -4.08. The molecule has 0 radical (unpaired) electrons. The smallest absolute Gasteiger partial charge is 0.357 e. The summed E-state index contributed by atoms with van der Waals surface area (Å²) in [6.45, 7) is 6.18. The Morgan fingerprint density at radius 1 is 1.16 bits per heavy atom. The van der Waals surface area contributed by atoms with E-state index in [4.69, 9.17) is 0 Å². The lowest BCUT2D eigenvalue weighted by atomic mass is 9.93. The van der Waals surface area contributed by atoms with Gasteiger partial charge in [-0.15, -0.1) is 0 Å². The first-order valence-electron chi connectivity index (χ1n) is 9.75. The molecule has 2 atom stereocenters. The summed E-state index contributed by atoms with van der Waals surface area (Å²) in [5.41, 5.74) is 0. The van der Waals surface area contributed by atoms with Crippen LogP contribution in [0.4, 0.5) is 13.2 Å². The van der Waals surface area contributed by atoms with E-state index in [0.29, 0.717) is 25.0 Å². The van der Waals surface area contributed by atoms with E-state index in [1.54, 1.807) is 0 Å². The third-order valence-corrected chi connectivity index (χ3v) is 5.17. The van der Waals surface area contributed by atoms with Crippen LogP contribution in [0.25, 0.3) is 0 Å². The van der Waals surface area contributed by atoms with Crippen molar-refractivity contribution in [3.8, 4) is 0 Å². The second-order valence-electron chi connectivity index (χ2n) is 7.42. The predicted molar refractivity (Wildman–Crippen MR) is 95.8 cm³/mol. The zero-order valence-electron chi connectivity index (χ0n) is 15.5. The molecule has 0 aromatic heterocycles. The van der Waals surface area contributed by atoms with Crippen LogP contribution in [0.1, 0.15) is 52.4 Å². The predicted octanol–water partition coefficient (Wildman–Crippen LogP) is 3.39. The SMILES string of the molecule is CCCC1CC1NC(=NCCC1CCN(CC(F)(F)F)CC1)NCC. The van der Waals surface area contributed by atoms with Gasteiger partial charge in [0.2, 0.25) is 0 Å². The molecule has 146 valence electrons. The zero-order valence-corrected chi connectivity index (χ0v) is 15.5. The quantitative estimate of drug-likeness (QED) is 0.514. The third kappa shape index (κ3) is 7.84. The Kier molecular flexibility index (Phi) is 7.84. The lowest BCUT2D eigenvalue weighted by Gasteiger charge is -2.32. The van der Waals surface area contributed by atoms with Crippen molar-refractivity contribution in [2.45, 2.75) is 64.6 Å². The molecular formula is C18H33F3N4. The Morgan fingerprint density at radius 2 is 1.88 bits per heavy atom. The van der Waals surface area contributed by atoms with Crippen LogP contribution in [0.15, 0.2) is 4.99 Å². The second kappa shape index (κ2) is 9.64. The topological polar surface area (TPSA) is 39.7 Å². The molecule has 7 heteroatoms. The van der Waals surface area contributed by atoms with Crippen LogP contribution >= 0.6 is 0 Å². The van der Waals surface area contributed by atoms with Crippen molar-refractivity contribution in [2.24, 2.45) is 16.8 Å². The Hall–Kier alpha value is -0.980. The summed E-state index contributed by atoms with van der Waals surface area (Å²) in [4.78, 5) is 6.18. The molecule has 2 fully saturated rings. The molecule has 2 N–H and O–H groups in total. The Bertz CT molecular complexity index is 417. The molecule has 1 heterocycles. The average Bonchev–Trinajstić information content (AvgIpc) is 3.26. The molecule has 1 aliphatic carbocycles. The number of piperidine rings is 1. The molecule has 1 aliphatic heterocycles. The van der Waals surface area contributed by atoms with Gasteiger partial charge in [0.25, 0.3) is 0 Å². The molecular weight excluding hydrogens is 329 g/mol. The van der Waals surface area contributed by atoms with Crippen LogP contribution in [0.3, 0.4) is 0 Å². The van der Waals surface area contributed by atoms with Crippen LogP contribution in [0.2, 0.25) is 0 Å². The van der Waals surface area contributed by atoms with Gasteiger partial charge in [-0.05, 0) is 64.0 Å². The standard InChI is InChI=1S/C18H33F3N4/c1-3-5-15-12-16(15)24-17(22-4-2)23-9-6-14-7-10-25(11-8-14)13-18(19,20)21/h14-16H,3-13H2,1-2H3,(H2,22,23,24). The van der Waals surface area contributed by atoms with Crippen molar-refractivity contribution in [2.75, 3.05) is 32.7 Å². The van der Waals surface area contributed by atoms with Crippen LogP contribution in [0, 0.1) is 11.8 Å². The Morgan fingerprint density at radius 3 is 2.48 bits per heavy atom. The highest BCUT2D eigenvalue weighted by molar-refractivity contribution is 5.80. The normalized spacial score (nSPS) is 25.9. The van der Waals surface area contributed by atoms with Gasteiger partial charge in [-0.25, -0.2) is 0 Å². The van der Waals surface area contributed by atoms with Gasteiger partial charge in [-0.2, -0.15) is 13.2 Å². The molecule has 1 saturated carbocycles. The number of hydrogen-bond donors (Lipinski definition) is 2. The highest BCUT2D eigenvalue weighted by Gasteiger charge is 2.36. The fourth-order valence-electron chi connectivity index (χ4n) is 3.66. The van der Waals surface area contributed by atoms with Gasteiger partial charge in [0.15, 0.2) is 5.96 Å². The fourth-order valence-corrected chi connectivity index (χ4v) is 3.66. The van der Waals surface area contributed by atoms with Crippen molar-refractivity contribution in [3.05, 3.63) is 0 Å². The average molecular weight is 362 g/mol. The maximum Gasteiger partial charge on any atom is 0.401 e. The summed E-state index contributed by atoms with van der Waals surface area (Å²) in [5.74, 6) is 2.16. The number of nitrogens with one attached hydrogen (secondary N) is 2. The van der Waals surface area contributed by atoms with Crippen molar-refractivity contribution in [1.82, 2.24) is 15.5 Å². The van der Waals surface area contributed by atoms with E-state index in [0.717, 1.165) is 44.2 Å². The lowest BCUT2D eigenvalue weighted by molar-refractivity contribution is -0.148. The number of hydrogen-bond acceptors (Lipinski definition) is 2. The molecule has 25 heavy (non-hydrogen) atoms. The Balaban J connectivity index is 1.66. The highest BCUT2D eigenvalue weighted by atomic mass is 19.4. The second-order valence-corrected chi connectivity index (χ2v) is 7.42. The molecule has 2 unspecified atom stereocenters. The van der Waals surface area contributed by atoms with E-state index in [2.05, 4.69) is 29.5 Å². The number of nitrogens with zero attached hydrogens (tertiary/aromatic N) is 2. The molecule has 0 spiro atoms. The van der Waals surface area contributed by atoms with Gasteiger partial charge >= 0.3 is 6.18 Å². The summed E-state index contributed by atoms with van der Waals surface area (Å²) in [7, 11) is 0. The molecule has 0 amide bonds. The van der Waals surface area contributed by atoms with E-state index in [9.17, 15) is 13.2 Å². The summed E-state index contributed by atoms with van der Waals surface area (Å²) in [5, 5.41) is 6.80. The van der Waals surface area contributed by atoms with Gasteiger partial charge < -0.3 is 10.6 Å². The number of aliphatic imine (C=N–C) groups is 1. The largest absolute Gasteiger partial charge is 0.401 e. The van der Waals surface area contributed by atoms with E-state index >= 15 is 0 Å². The number of alkyl halides is 3. The van der Waals surface area contributed by atoms with E-state index in [1.165, 1.54) is 24.2 Å². The first-order valence-corrected chi connectivity index (χ1v) is 9.75. The summed E-state index contributed by atoms with van der Waals surface area (Å²) < 4.78 is 37.2. The highest BCUT2D eigenvalue weighted by Crippen LogP contribution is 2.34. The molecule has 1 saturated heterocycles. The van der Waals surface area contributed by atoms with Crippen LogP contribution < -0.4 is 10.6 Å². The first-order chi connectivity index (χ1) is 11.9. The number of guanidine groups is 1. The molecule has 2 aliphatic rings. The molecule has 0 aromatic carbocycles. The number of halogens is 3. The van der Waals surface area contributed by atoms with Gasteiger partial charge in [-0.3, -0.25) is 9.89 Å². The van der Waals surface area contributed by atoms with Crippen molar-refractivity contribution >= 4 is 5.96 Å². The minimum absolute atomic E-state index is 0.491. The summed E-state index contributed by atoms with van der Waals surface area (Å²) in [6.07, 6.45) is 2.29. The van der Waals surface area contributed by atoms with Crippen molar-refractivity contribution in [1.29, 1.82) is 0 Å². The van der Waals surface area contributed by atoms with Gasteiger partial charge in [-0.1, -0.05) is 13.3 Å².